The predicted molar refractivity (Wildman–Crippen MR) is 105 cm³/mol. The van der Waals surface area contributed by atoms with Gasteiger partial charge in [0.25, 0.3) is 5.91 Å². The van der Waals surface area contributed by atoms with E-state index in [0.717, 1.165) is 5.56 Å². The van der Waals surface area contributed by atoms with Crippen LogP contribution in [-0.2, 0) is 4.79 Å². The number of amidine groups is 1. The summed E-state index contributed by atoms with van der Waals surface area (Å²) in [5, 5.41) is 12.2. The maximum atomic E-state index is 12.2. The Balaban J connectivity index is 1.79. The van der Waals surface area contributed by atoms with E-state index in [1.165, 1.54) is 29.5 Å². The summed E-state index contributed by atoms with van der Waals surface area (Å²) in [6.07, 6.45) is 1.82. The third kappa shape index (κ3) is 4.21. The lowest BCUT2D eigenvalue weighted by molar-refractivity contribution is -0.115. The fourth-order valence-electron chi connectivity index (χ4n) is 2.43. The second-order valence-electron chi connectivity index (χ2n) is 6.16. The zero-order chi connectivity index (χ0) is 18.7. The molecule has 0 atom stereocenters. The zero-order valence-electron chi connectivity index (χ0n) is 14.4. The lowest BCUT2D eigenvalue weighted by Crippen LogP contribution is -2.19. The number of aromatic carboxylic acids is 1. The number of thioether (sulfide) groups is 1. The van der Waals surface area contributed by atoms with Crippen molar-refractivity contribution < 1.29 is 14.7 Å². The van der Waals surface area contributed by atoms with Gasteiger partial charge in [-0.15, -0.1) is 0 Å². The van der Waals surface area contributed by atoms with E-state index in [-0.39, 0.29) is 11.5 Å². The van der Waals surface area contributed by atoms with Gasteiger partial charge >= 0.3 is 5.97 Å². The predicted octanol–water partition coefficient (Wildman–Crippen LogP) is 4.40. The zero-order valence-corrected chi connectivity index (χ0v) is 15.2. The Morgan fingerprint density at radius 1 is 1.19 bits per heavy atom. The molecule has 1 aliphatic heterocycles. The van der Waals surface area contributed by atoms with Crippen molar-refractivity contribution in [1.29, 1.82) is 0 Å². The second kappa shape index (κ2) is 7.58. The number of carbonyl (C=O) groups excluding carboxylic acids is 1. The maximum absolute atomic E-state index is 12.2. The fourth-order valence-corrected chi connectivity index (χ4v) is 3.28. The van der Waals surface area contributed by atoms with Crippen LogP contribution >= 0.6 is 11.8 Å². The summed E-state index contributed by atoms with van der Waals surface area (Å²) in [6, 6.07) is 14.4. The summed E-state index contributed by atoms with van der Waals surface area (Å²) in [4.78, 5) is 28.1. The van der Waals surface area contributed by atoms with Crippen molar-refractivity contribution in [3.05, 3.63) is 70.1 Å². The van der Waals surface area contributed by atoms with Crippen molar-refractivity contribution in [1.82, 2.24) is 5.32 Å². The molecule has 1 saturated heterocycles. The summed E-state index contributed by atoms with van der Waals surface area (Å²) >= 11 is 1.24. The molecule has 0 aliphatic carbocycles. The van der Waals surface area contributed by atoms with Gasteiger partial charge in [0.2, 0.25) is 0 Å². The normalized spacial score (nSPS) is 17.1. The Morgan fingerprint density at radius 2 is 1.92 bits per heavy atom. The van der Waals surface area contributed by atoms with E-state index in [9.17, 15) is 9.59 Å². The van der Waals surface area contributed by atoms with Gasteiger partial charge in [0, 0.05) is 0 Å². The van der Waals surface area contributed by atoms with E-state index in [0.29, 0.717) is 21.7 Å². The maximum Gasteiger partial charge on any atom is 0.335 e. The van der Waals surface area contributed by atoms with E-state index >= 15 is 0 Å². The molecule has 0 aromatic heterocycles. The van der Waals surface area contributed by atoms with Gasteiger partial charge in [-0.05, 0) is 53.1 Å². The summed E-state index contributed by atoms with van der Waals surface area (Å²) in [7, 11) is 0. The highest BCUT2D eigenvalue weighted by atomic mass is 32.2. The average Bonchev–Trinajstić information content (AvgIpc) is 2.94. The minimum Gasteiger partial charge on any atom is -0.478 e. The first kappa shape index (κ1) is 17.9. The van der Waals surface area contributed by atoms with Crippen LogP contribution in [0, 0.1) is 0 Å². The number of amides is 1. The summed E-state index contributed by atoms with van der Waals surface area (Å²) in [5.41, 5.74) is 2.83. The Kier molecular flexibility index (Phi) is 5.23. The molecule has 2 aromatic rings. The van der Waals surface area contributed by atoms with Crippen LogP contribution in [0.15, 0.2) is 58.4 Å². The topological polar surface area (TPSA) is 78.8 Å². The third-order valence-electron chi connectivity index (χ3n) is 3.88. The largest absolute Gasteiger partial charge is 0.478 e. The number of nitrogens with zero attached hydrogens (tertiary/aromatic N) is 1. The smallest absolute Gasteiger partial charge is 0.335 e. The van der Waals surface area contributed by atoms with Gasteiger partial charge in [-0.25, -0.2) is 9.79 Å². The Hall–Kier alpha value is -2.86. The number of carboxylic acid groups (broad SMARTS) is 1. The number of benzene rings is 2. The Morgan fingerprint density at radius 3 is 2.58 bits per heavy atom. The number of hydrogen-bond acceptors (Lipinski definition) is 4. The molecule has 2 aromatic carbocycles. The molecule has 2 N–H and O–H groups in total. The molecule has 0 radical (unpaired) electrons. The third-order valence-corrected chi connectivity index (χ3v) is 4.79. The fraction of sp³-hybridized carbons (Fsp3) is 0.150. The van der Waals surface area contributed by atoms with Crippen molar-refractivity contribution in [2.24, 2.45) is 4.99 Å². The molecule has 1 fully saturated rings. The van der Waals surface area contributed by atoms with Crippen LogP contribution in [0.4, 0.5) is 5.69 Å². The summed E-state index contributed by atoms with van der Waals surface area (Å²) in [6.45, 7) is 4.27. The number of nitrogens with one attached hydrogen (secondary N) is 1. The number of aliphatic imine (C=N–C) groups is 1. The highest BCUT2D eigenvalue weighted by molar-refractivity contribution is 8.18. The number of carboxylic acids is 1. The lowest BCUT2D eigenvalue weighted by atomic mass is 10.0. The van der Waals surface area contributed by atoms with Gasteiger partial charge in [0.05, 0.1) is 16.2 Å². The Bertz CT molecular complexity index is 915. The number of hydrogen-bond donors (Lipinski definition) is 2. The molecule has 0 bridgehead atoms. The molecular weight excluding hydrogens is 348 g/mol. The van der Waals surface area contributed by atoms with Crippen molar-refractivity contribution >= 4 is 40.6 Å². The number of rotatable bonds is 4. The SMILES string of the molecule is CC(C)c1ccc(/C=C2/SC(=Nc3cccc(C(=O)O)c3)NC2=O)cc1. The van der Waals surface area contributed by atoms with Crippen molar-refractivity contribution in [3.8, 4) is 0 Å². The van der Waals surface area contributed by atoms with E-state index in [1.54, 1.807) is 12.1 Å². The molecule has 3 rings (SSSR count). The van der Waals surface area contributed by atoms with Crippen LogP contribution < -0.4 is 5.32 Å². The Labute approximate surface area is 155 Å². The highest BCUT2D eigenvalue weighted by Crippen LogP contribution is 2.28. The second-order valence-corrected chi connectivity index (χ2v) is 7.19. The summed E-state index contributed by atoms with van der Waals surface area (Å²) in [5.74, 6) is -0.766. The van der Waals surface area contributed by atoms with Crippen molar-refractivity contribution in [3.63, 3.8) is 0 Å². The van der Waals surface area contributed by atoms with Crippen molar-refractivity contribution in [2.75, 3.05) is 0 Å². The first-order valence-electron chi connectivity index (χ1n) is 8.15. The molecule has 26 heavy (non-hydrogen) atoms. The lowest BCUT2D eigenvalue weighted by Gasteiger charge is -2.04. The monoisotopic (exact) mass is 366 g/mol. The summed E-state index contributed by atoms with van der Waals surface area (Å²) < 4.78 is 0. The van der Waals surface area contributed by atoms with E-state index in [1.807, 2.05) is 18.2 Å². The van der Waals surface area contributed by atoms with Crippen LogP contribution in [0.3, 0.4) is 0 Å². The first-order chi connectivity index (χ1) is 12.4. The molecule has 5 nitrogen and oxygen atoms in total. The van der Waals surface area contributed by atoms with Crippen LogP contribution in [0.1, 0.15) is 41.3 Å². The molecule has 6 heteroatoms. The van der Waals surface area contributed by atoms with Crippen LogP contribution in [0.5, 0.6) is 0 Å². The minimum absolute atomic E-state index is 0.155. The van der Waals surface area contributed by atoms with Gasteiger partial charge in [-0.2, -0.15) is 0 Å². The molecule has 1 heterocycles. The minimum atomic E-state index is -1.01. The van der Waals surface area contributed by atoms with Gasteiger partial charge in [-0.1, -0.05) is 44.2 Å². The van der Waals surface area contributed by atoms with Crippen LogP contribution in [-0.4, -0.2) is 22.2 Å². The molecular formula is C20H18N2O3S. The highest BCUT2D eigenvalue weighted by Gasteiger charge is 2.23. The van der Waals surface area contributed by atoms with Gasteiger partial charge in [-0.3, -0.25) is 4.79 Å². The molecule has 132 valence electrons. The van der Waals surface area contributed by atoms with E-state index in [4.69, 9.17) is 5.11 Å². The standard InChI is InChI=1S/C20H18N2O3S/c1-12(2)14-8-6-13(7-9-14)10-17-18(23)22-20(26-17)21-16-5-3-4-15(11-16)19(24)25/h3-12H,1-2H3,(H,24,25)(H,21,22,23)/b17-10+. The quantitative estimate of drug-likeness (QED) is 0.786. The molecule has 0 unspecified atom stereocenters. The number of carbonyl (C=O) groups is 2. The molecule has 1 amide bonds. The van der Waals surface area contributed by atoms with Gasteiger partial charge in [0.1, 0.15) is 0 Å². The average molecular weight is 366 g/mol. The molecule has 0 saturated carbocycles. The van der Waals surface area contributed by atoms with Gasteiger partial charge in [0.15, 0.2) is 5.17 Å². The first-order valence-corrected chi connectivity index (χ1v) is 8.97. The molecule has 0 spiro atoms. The van der Waals surface area contributed by atoms with E-state index in [2.05, 4.69) is 36.3 Å². The van der Waals surface area contributed by atoms with Crippen molar-refractivity contribution in [2.45, 2.75) is 19.8 Å². The van der Waals surface area contributed by atoms with Crippen LogP contribution in [0.2, 0.25) is 0 Å². The molecule has 1 aliphatic rings. The van der Waals surface area contributed by atoms with Gasteiger partial charge < -0.3 is 10.4 Å². The van der Waals surface area contributed by atoms with E-state index < -0.39 is 5.97 Å². The van der Waals surface area contributed by atoms with Crippen LogP contribution in [0.25, 0.3) is 6.08 Å².